The van der Waals surface area contributed by atoms with Crippen molar-refractivity contribution in [2.75, 3.05) is 13.2 Å². The van der Waals surface area contributed by atoms with Crippen molar-refractivity contribution in [1.29, 1.82) is 0 Å². The Labute approximate surface area is 112 Å². The number of nitrogens with one attached hydrogen (secondary N) is 1. The van der Waals surface area contributed by atoms with Gasteiger partial charge in [-0.2, -0.15) is 0 Å². The fourth-order valence-corrected chi connectivity index (χ4v) is 0.795. The molecule has 0 aliphatic rings. The number of primary amides is 1. The zero-order valence-electron chi connectivity index (χ0n) is 8.49. The van der Waals surface area contributed by atoms with Crippen molar-refractivity contribution in [2.45, 2.75) is 16.4 Å². The van der Waals surface area contributed by atoms with Gasteiger partial charge in [-0.05, 0) is 0 Å². The molecule has 0 rings (SSSR count). The Balaban J connectivity index is 3.64. The van der Waals surface area contributed by atoms with E-state index in [1.165, 1.54) is 0 Å². The van der Waals surface area contributed by atoms with Crippen LogP contribution in [0.4, 0.5) is 9.59 Å². The lowest BCUT2D eigenvalue weighted by molar-refractivity contribution is 0.0935. The lowest BCUT2D eigenvalue weighted by Gasteiger charge is -2.19. The minimum Gasteiger partial charge on any atom is -0.450 e. The average molecular weight is 310 g/mol. The van der Waals surface area contributed by atoms with Crippen LogP contribution in [0.2, 0.25) is 0 Å². The van der Waals surface area contributed by atoms with E-state index in [0.29, 0.717) is 0 Å². The largest absolute Gasteiger partial charge is 0.450 e. The summed E-state index contributed by atoms with van der Waals surface area (Å²) in [6, 6.07) is 0. The second-order valence-corrected chi connectivity index (χ2v) is 5.11. The van der Waals surface area contributed by atoms with E-state index in [0.717, 1.165) is 0 Å². The Morgan fingerprint density at radius 1 is 1.29 bits per heavy atom. The molecule has 0 aromatic carbocycles. The van der Waals surface area contributed by atoms with Crippen molar-refractivity contribution in [2.24, 2.45) is 5.73 Å². The number of hydrogen-bond acceptors (Lipinski definition) is 5. The second kappa shape index (κ2) is 7.65. The molecule has 0 radical (unpaired) electrons. The van der Waals surface area contributed by atoms with Gasteiger partial charge >= 0.3 is 12.2 Å². The van der Waals surface area contributed by atoms with Gasteiger partial charge in [-0.25, -0.2) is 9.59 Å². The Hall–Kier alpha value is -0.630. The molecule has 1 atom stereocenters. The third-order valence-electron chi connectivity index (χ3n) is 1.33. The van der Waals surface area contributed by atoms with E-state index in [2.05, 4.69) is 15.2 Å². The van der Waals surface area contributed by atoms with E-state index in [1.54, 1.807) is 0 Å². The van der Waals surface area contributed by atoms with Gasteiger partial charge in [0.1, 0.15) is 0 Å². The first-order valence-electron chi connectivity index (χ1n) is 4.34. The third kappa shape index (κ3) is 9.11. The van der Waals surface area contributed by atoms with Crippen LogP contribution >= 0.6 is 34.8 Å². The van der Waals surface area contributed by atoms with Gasteiger partial charge < -0.3 is 20.3 Å². The number of rotatable bonds is 5. The first-order valence-corrected chi connectivity index (χ1v) is 5.47. The number of aliphatic hydroxyl groups is 1. The molecule has 0 saturated heterocycles. The summed E-state index contributed by atoms with van der Waals surface area (Å²) in [6.07, 6.45) is -3.33. The summed E-state index contributed by atoms with van der Waals surface area (Å²) in [5, 5.41) is 11.0. The van der Waals surface area contributed by atoms with Crippen LogP contribution in [0.3, 0.4) is 0 Å². The number of alkyl halides is 3. The highest BCUT2D eigenvalue weighted by atomic mass is 35.6. The zero-order valence-corrected chi connectivity index (χ0v) is 10.8. The van der Waals surface area contributed by atoms with Crippen molar-refractivity contribution in [3.05, 3.63) is 0 Å². The zero-order chi connectivity index (χ0) is 13.5. The van der Waals surface area contributed by atoms with Gasteiger partial charge in [0, 0.05) is 6.42 Å². The van der Waals surface area contributed by atoms with Crippen LogP contribution in [0.25, 0.3) is 0 Å². The highest BCUT2D eigenvalue weighted by Crippen LogP contribution is 2.28. The van der Waals surface area contributed by atoms with Crippen LogP contribution in [0.1, 0.15) is 6.42 Å². The van der Waals surface area contributed by atoms with Crippen LogP contribution in [-0.4, -0.2) is 40.5 Å². The van der Waals surface area contributed by atoms with E-state index < -0.39 is 22.2 Å². The summed E-state index contributed by atoms with van der Waals surface area (Å²) in [6.45, 7) is -0.0404. The minimum absolute atomic E-state index is 0.00955. The Morgan fingerprint density at radius 2 is 1.82 bits per heavy atom. The Kier molecular flexibility index (Phi) is 7.37. The maximum atomic E-state index is 11.0. The number of carbonyl (C=O) groups is 2. The number of alkyl carbamates (subject to hydrolysis) is 1. The van der Waals surface area contributed by atoms with Crippen molar-refractivity contribution in [1.82, 2.24) is 5.32 Å². The minimum atomic E-state index is -2.05. The standard InChI is InChI=1S/C7H11Cl3N2O5/c8-7(9,10)4(13)12-6(15)17-3-1-2-16-5(11)14/h4,13H,1-3H2,(H2,11,14)(H,12,15). The first-order chi connectivity index (χ1) is 7.73. The predicted molar refractivity (Wildman–Crippen MR) is 60.9 cm³/mol. The number of halogens is 3. The molecule has 0 saturated carbocycles. The molecule has 100 valence electrons. The van der Waals surface area contributed by atoms with E-state index in [4.69, 9.17) is 39.9 Å². The van der Waals surface area contributed by atoms with E-state index in [1.807, 2.05) is 5.32 Å². The van der Waals surface area contributed by atoms with Crippen molar-refractivity contribution in [3.63, 3.8) is 0 Å². The van der Waals surface area contributed by atoms with Crippen molar-refractivity contribution < 1.29 is 24.2 Å². The van der Waals surface area contributed by atoms with Crippen molar-refractivity contribution >= 4 is 47.0 Å². The summed E-state index contributed by atoms with van der Waals surface area (Å²) in [5.41, 5.74) is 4.69. The molecule has 7 nitrogen and oxygen atoms in total. The number of nitrogens with two attached hydrogens (primary N) is 1. The molecule has 0 aliphatic carbocycles. The molecule has 0 aromatic heterocycles. The summed E-state index contributed by atoms with van der Waals surface area (Å²) in [7, 11) is 0. The quantitative estimate of drug-likeness (QED) is 0.397. The first kappa shape index (κ1) is 16.4. The van der Waals surface area contributed by atoms with Crippen molar-refractivity contribution in [3.8, 4) is 0 Å². The second-order valence-electron chi connectivity index (χ2n) is 2.75. The fraction of sp³-hybridized carbons (Fsp3) is 0.714. The number of amides is 2. The van der Waals surface area contributed by atoms with Crippen LogP contribution < -0.4 is 11.1 Å². The lowest BCUT2D eigenvalue weighted by Crippen LogP contribution is -2.43. The fourth-order valence-electron chi connectivity index (χ4n) is 0.632. The molecule has 4 N–H and O–H groups in total. The summed E-state index contributed by atoms with van der Waals surface area (Å²) in [4.78, 5) is 21.2. The van der Waals surface area contributed by atoms with Crippen LogP contribution in [0.15, 0.2) is 0 Å². The summed E-state index contributed by atoms with van der Waals surface area (Å²) in [5.74, 6) is 0. The van der Waals surface area contributed by atoms with Gasteiger partial charge in [-0.3, -0.25) is 5.32 Å². The molecule has 1 unspecified atom stereocenters. The molecule has 0 aliphatic heterocycles. The molecule has 2 amide bonds. The molecule has 10 heteroatoms. The van der Waals surface area contributed by atoms with Gasteiger partial charge in [-0.15, -0.1) is 0 Å². The molecule has 0 aromatic rings. The molecular formula is C7H11Cl3N2O5. The Bertz CT molecular complexity index is 271. The number of carbonyl (C=O) groups excluding carboxylic acids is 2. The molecule has 0 spiro atoms. The molecule has 0 fully saturated rings. The maximum absolute atomic E-state index is 11.0. The SMILES string of the molecule is NC(=O)OCCCOC(=O)NC(O)C(Cl)(Cl)Cl. The highest BCUT2D eigenvalue weighted by molar-refractivity contribution is 6.68. The molecular weight excluding hydrogens is 298 g/mol. The van der Waals surface area contributed by atoms with Gasteiger partial charge in [-0.1, -0.05) is 34.8 Å². The molecule has 0 bridgehead atoms. The Morgan fingerprint density at radius 3 is 2.29 bits per heavy atom. The lowest BCUT2D eigenvalue weighted by atomic mass is 10.5. The van der Waals surface area contributed by atoms with E-state index >= 15 is 0 Å². The number of ether oxygens (including phenoxy) is 2. The van der Waals surface area contributed by atoms with E-state index in [9.17, 15) is 9.59 Å². The highest BCUT2D eigenvalue weighted by Gasteiger charge is 2.32. The van der Waals surface area contributed by atoms with Gasteiger partial charge in [0.15, 0.2) is 6.23 Å². The topological polar surface area (TPSA) is 111 Å². The maximum Gasteiger partial charge on any atom is 0.409 e. The van der Waals surface area contributed by atoms with Crippen LogP contribution in [0.5, 0.6) is 0 Å². The smallest absolute Gasteiger partial charge is 0.409 e. The van der Waals surface area contributed by atoms with E-state index in [-0.39, 0.29) is 19.6 Å². The van der Waals surface area contributed by atoms with Crippen LogP contribution in [-0.2, 0) is 9.47 Å². The number of aliphatic hydroxyl groups excluding tert-OH is 1. The van der Waals surface area contributed by atoms with Gasteiger partial charge in [0.25, 0.3) is 0 Å². The normalized spacial score (nSPS) is 12.7. The molecule has 0 heterocycles. The number of hydrogen-bond donors (Lipinski definition) is 3. The monoisotopic (exact) mass is 308 g/mol. The predicted octanol–water partition coefficient (Wildman–Crippen LogP) is 0.887. The third-order valence-corrected chi connectivity index (χ3v) is 1.95. The van der Waals surface area contributed by atoms with Gasteiger partial charge in [0.05, 0.1) is 13.2 Å². The molecule has 17 heavy (non-hydrogen) atoms. The van der Waals surface area contributed by atoms with Crippen LogP contribution in [0, 0.1) is 0 Å². The van der Waals surface area contributed by atoms with Gasteiger partial charge in [0.2, 0.25) is 3.79 Å². The average Bonchev–Trinajstić information content (AvgIpc) is 2.15. The summed E-state index contributed by atoms with van der Waals surface area (Å²) >= 11 is 15.9. The summed E-state index contributed by atoms with van der Waals surface area (Å²) < 4.78 is 6.90.